The maximum Gasteiger partial charge on any atom is 0.101 e. The summed E-state index contributed by atoms with van der Waals surface area (Å²) in [5.74, 6) is 1.45. The average molecular weight is 252 g/mol. The topological polar surface area (TPSA) is 46.0 Å². The van der Waals surface area contributed by atoms with Crippen molar-refractivity contribution in [2.45, 2.75) is 24.9 Å². The average Bonchev–Trinajstić information content (AvgIpc) is 3.22. The van der Waals surface area contributed by atoms with Crippen LogP contribution in [0.3, 0.4) is 0 Å². The maximum atomic E-state index is 10.5. The Balaban J connectivity index is 1.64. The van der Waals surface area contributed by atoms with E-state index in [0.29, 0.717) is 23.4 Å². The van der Waals surface area contributed by atoms with Gasteiger partial charge in [-0.25, -0.2) is 0 Å². The minimum atomic E-state index is -0.477. The van der Waals surface area contributed by atoms with Crippen molar-refractivity contribution >= 4 is 0 Å². The van der Waals surface area contributed by atoms with Gasteiger partial charge in [0.05, 0.1) is 11.9 Å². The molecule has 1 N–H and O–H groups in total. The van der Waals surface area contributed by atoms with Gasteiger partial charge in [0.25, 0.3) is 0 Å². The molecule has 19 heavy (non-hydrogen) atoms. The van der Waals surface area contributed by atoms with E-state index in [2.05, 4.69) is 34.2 Å². The second kappa shape index (κ2) is 4.14. The summed E-state index contributed by atoms with van der Waals surface area (Å²) < 4.78 is 0. The van der Waals surface area contributed by atoms with Crippen molar-refractivity contribution in [1.29, 1.82) is 0 Å². The lowest BCUT2D eigenvalue weighted by molar-refractivity contribution is 0.140. The van der Waals surface area contributed by atoms with E-state index in [9.17, 15) is 5.11 Å². The molecular formula is C16H16N2O. The van der Waals surface area contributed by atoms with Crippen molar-refractivity contribution in [3.8, 4) is 0 Å². The molecule has 4 unspecified atom stereocenters. The van der Waals surface area contributed by atoms with Gasteiger partial charge in [0, 0.05) is 18.3 Å². The monoisotopic (exact) mass is 252 g/mol. The predicted molar refractivity (Wildman–Crippen MR) is 71.5 cm³/mol. The largest absolute Gasteiger partial charge is 0.386 e. The zero-order valence-corrected chi connectivity index (χ0v) is 10.6. The van der Waals surface area contributed by atoms with Crippen molar-refractivity contribution in [3.63, 3.8) is 0 Å². The SMILES string of the molecule is OC(c1cnccn1)C1C2CCc3ccccc3C21. The smallest absolute Gasteiger partial charge is 0.101 e. The summed E-state index contributed by atoms with van der Waals surface area (Å²) in [5, 5.41) is 10.5. The Kier molecular flexibility index (Phi) is 2.42. The molecule has 1 heterocycles. The van der Waals surface area contributed by atoms with Crippen LogP contribution < -0.4 is 0 Å². The number of aliphatic hydroxyl groups is 1. The van der Waals surface area contributed by atoms with Gasteiger partial charge < -0.3 is 5.11 Å². The molecule has 4 rings (SSSR count). The van der Waals surface area contributed by atoms with Crippen molar-refractivity contribution < 1.29 is 5.11 Å². The van der Waals surface area contributed by atoms with Crippen LogP contribution >= 0.6 is 0 Å². The first kappa shape index (κ1) is 11.1. The van der Waals surface area contributed by atoms with E-state index >= 15 is 0 Å². The van der Waals surface area contributed by atoms with E-state index in [0.717, 1.165) is 6.42 Å². The first-order valence-electron chi connectivity index (χ1n) is 6.88. The lowest BCUT2D eigenvalue weighted by Gasteiger charge is -2.13. The molecule has 0 spiro atoms. The minimum Gasteiger partial charge on any atom is -0.386 e. The molecule has 0 radical (unpaired) electrons. The van der Waals surface area contributed by atoms with Crippen LogP contribution in [0.1, 0.15) is 35.3 Å². The third-order valence-electron chi connectivity index (χ3n) is 4.64. The third-order valence-corrected chi connectivity index (χ3v) is 4.64. The molecular weight excluding hydrogens is 236 g/mol. The zero-order chi connectivity index (χ0) is 12.8. The number of aryl methyl sites for hydroxylation is 1. The molecule has 3 heteroatoms. The van der Waals surface area contributed by atoms with Gasteiger partial charge in [-0.2, -0.15) is 0 Å². The fraction of sp³-hybridized carbons (Fsp3) is 0.375. The van der Waals surface area contributed by atoms with Crippen LogP contribution in [-0.2, 0) is 6.42 Å². The number of benzene rings is 1. The molecule has 0 bridgehead atoms. The third kappa shape index (κ3) is 1.69. The van der Waals surface area contributed by atoms with E-state index in [1.54, 1.807) is 18.6 Å². The van der Waals surface area contributed by atoms with Crippen molar-refractivity contribution in [2.24, 2.45) is 11.8 Å². The van der Waals surface area contributed by atoms with Crippen LogP contribution in [0.25, 0.3) is 0 Å². The van der Waals surface area contributed by atoms with Gasteiger partial charge in [-0.1, -0.05) is 24.3 Å². The summed E-state index contributed by atoms with van der Waals surface area (Å²) in [7, 11) is 0. The molecule has 2 aromatic rings. The lowest BCUT2D eigenvalue weighted by atomic mass is 9.92. The summed E-state index contributed by atoms with van der Waals surface area (Å²) in [5.41, 5.74) is 3.60. The van der Waals surface area contributed by atoms with E-state index < -0.39 is 6.10 Å². The molecule has 1 aromatic heterocycles. The first-order valence-corrected chi connectivity index (χ1v) is 6.88. The normalized spacial score (nSPS) is 29.2. The quantitative estimate of drug-likeness (QED) is 0.893. The van der Waals surface area contributed by atoms with Crippen LogP contribution in [0, 0.1) is 11.8 Å². The fourth-order valence-corrected chi connectivity index (χ4v) is 3.71. The Morgan fingerprint density at radius 2 is 2.11 bits per heavy atom. The zero-order valence-electron chi connectivity index (χ0n) is 10.6. The van der Waals surface area contributed by atoms with Gasteiger partial charge in [-0.05, 0) is 35.8 Å². The Hall–Kier alpha value is -1.74. The molecule has 2 aliphatic rings. The summed E-state index contributed by atoms with van der Waals surface area (Å²) in [6.07, 6.45) is 6.82. The Labute approximate surface area is 112 Å². The van der Waals surface area contributed by atoms with Crippen LogP contribution in [0.2, 0.25) is 0 Å². The number of nitrogens with zero attached hydrogens (tertiary/aromatic N) is 2. The highest BCUT2D eigenvalue weighted by Gasteiger charge is 2.56. The summed E-state index contributed by atoms with van der Waals surface area (Å²) in [4.78, 5) is 8.30. The second-order valence-electron chi connectivity index (χ2n) is 5.58. The first-order chi connectivity index (χ1) is 9.36. The Morgan fingerprint density at radius 1 is 1.21 bits per heavy atom. The molecule has 1 fully saturated rings. The minimum absolute atomic E-state index is 0.320. The van der Waals surface area contributed by atoms with Crippen LogP contribution in [0.4, 0.5) is 0 Å². The van der Waals surface area contributed by atoms with Crippen LogP contribution in [-0.4, -0.2) is 15.1 Å². The highest BCUT2D eigenvalue weighted by molar-refractivity contribution is 5.40. The Morgan fingerprint density at radius 3 is 2.95 bits per heavy atom. The fourth-order valence-electron chi connectivity index (χ4n) is 3.71. The van der Waals surface area contributed by atoms with Gasteiger partial charge in [0.2, 0.25) is 0 Å². The van der Waals surface area contributed by atoms with E-state index in [-0.39, 0.29) is 0 Å². The molecule has 1 saturated carbocycles. The van der Waals surface area contributed by atoms with Gasteiger partial charge >= 0.3 is 0 Å². The maximum absolute atomic E-state index is 10.5. The van der Waals surface area contributed by atoms with Crippen molar-refractivity contribution in [2.75, 3.05) is 0 Å². The second-order valence-corrected chi connectivity index (χ2v) is 5.58. The molecule has 3 nitrogen and oxygen atoms in total. The van der Waals surface area contributed by atoms with Gasteiger partial charge in [0.1, 0.15) is 6.10 Å². The number of hydrogen-bond donors (Lipinski definition) is 1. The highest BCUT2D eigenvalue weighted by atomic mass is 16.3. The summed E-state index contributed by atoms with van der Waals surface area (Å²) in [6, 6.07) is 8.64. The number of hydrogen-bond acceptors (Lipinski definition) is 3. The van der Waals surface area contributed by atoms with Gasteiger partial charge in [0.15, 0.2) is 0 Å². The number of aliphatic hydroxyl groups excluding tert-OH is 1. The summed E-state index contributed by atoms with van der Waals surface area (Å²) >= 11 is 0. The van der Waals surface area contributed by atoms with Crippen molar-refractivity contribution in [1.82, 2.24) is 9.97 Å². The number of fused-ring (bicyclic) bond motifs is 3. The molecule has 0 amide bonds. The summed E-state index contributed by atoms with van der Waals surface area (Å²) in [6.45, 7) is 0. The highest BCUT2D eigenvalue weighted by Crippen LogP contribution is 2.63. The van der Waals surface area contributed by atoms with Crippen LogP contribution in [0.15, 0.2) is 42.9 Å². The van der Waals surface area contributed by atoms with Gasteiger partial charge in [-0.3, -0.25) is 9.97 Å². The Bertz CT molecular complexity index is 599. The molecule has 4 atom stereocenters. The molecule has 0 aliphatic heterocycles. The van der Waals surface area contributed by atoms with Crippen LogP contribution in [0.5, 0.6) is 0 Å². The standard InChI is InChI=1S/C16H16N2O/c19-16(13-9-17-7-8-18-13)15-12-6-5-10-3-1-2-4-11(10)14(12)15/h1-4,7-9,12,14-16,19H,5-6H2. The van der Waals surface area contributed by atoms with Crippen molar-refractivity contribution in [3.05, 3.63) is 59.7 Å². The number of rotatable bonds is 2. The molecule has 0 saturated heterocycles. The number of aromatic nitrogens is 2. The van der Waals surface area contributed by atoms with Gasteiger partial charge in [-0.15, -0.1) is 0 Å². The van der Waals surface area contributed by atoms with E-state index in [1.807, 2.05) is 0 Å². The predicted octanol–water partition coefficient (Wildman–Crippen LogP) is 2.49. The lowest BCUT2D eigenvalue weighted by Crippen LogP contribution is -2.04. The van der Waals surface area contributed by atoms with E-state index in [1.165, 1.54) is 17.5 Å². The molecule has 96 valence electrons. The molecule has 2 aliphatic carbocycles. The molecule has 1 aromatic carbocycles. The van der Waals surface area contributed by atoms with E-state index in [4.69, 9.17) is 0 Å².